The molecule has 0 saturated carbocycles. The van der Waals surface area contributed by atoms with E-state index in [1.54, 1.807) is 37.3 Å². The van der Waals surface area contributed by atoms with Crippen LogP contribution in [-0.2, 0) is 20.2 Å². The average molecular weight is 514 g/mol. The van der Waals surface area contributed by atoms with Crippen molar-refractivity contribution >= 4 is 37.4 Å². The summed E-state index contributed by atoms with van der Waals surface area (Å²) in [6.07, 6.45) is 0. The summed E-state index contributed by atoms with van der Waals surface area (Å²) in [4.78, 5) is -0.429. The lowest BCUT2D eigenvalue weighted by Gasteiger charge is -2.07. The first-order valence-corrected chi connectivity index (χ1v) is 12.8. The maximum absolute atomic E-state index is 12.6. The molecule has 0 unspecified atom stereocenters. The van der Waals surface area contributed by atoms with Gasteiger partial charge in [0.25, 0.3) is 10.1 Å². The number of nitrogens with zero attached hydrogens (tertiary/aromatic N) is 4. The van der Waals surface area contributed by atoms with Gasteiger partial charge >= 0.3 is 10.1 Å². The smallest absolute Gasteiger partial charge is 0.339 e. The molecule has 180 valence electrons. The summed E-state index contributed by atoms with van der Waals surface area (Å²) in [7, 11) is -8.51. The maximum Gasteiger partial charge on any atom is 0.339 e. The average Bonchev–Trinajstić information content (AvgIpc) is 3.11. The highest BCUT2D eigenvalue weighted by Gasteiger charge is 2.18. The summed E-state index contributed by atoms with van der Waals surface area (Å²) in [5.74, 6) is 0.239. The first-order valence-electron chi connectivity index (χ1n) is 9.99. The summed E-state index contributed by atoms with van der Waals surface area (Å²) < 4.78 is 63.8. The van der Waals surface area contributed by atoms with Crippen LogP contribution in [0.25, 0.3) is 5.69 Å². The van der Waals surface area contributed by atoms with E-state index >= 15 is 0 Å². The second-order valence-corrected chi connectivity index (χ2v) is 10.2. The first kappa shape index (κ1) is 24.1. The molecule has 0 radical (unpaired) electrons. The minimum absolute atomic E-state index is 0.0647. The van der Waals surface area contributed by atoms with Crippen LogP contribution in [0, 0.1) is 6.92 Å². The molecule has 13 heteroatoms. The number of nitrogens with two attached hydrogens (primary N) is 1. The van der Waals surface area contributed by atoms with Crippen molar-refractivity contribution in [2.75, 3.05) is 5.73 Å². The molecule has 4 aromatic rings. The van der Waals surface area contributed by atoms with Gasteiger partial charge in [0.2, 0.25) is 0 Å². The molecule has 3 N–H and O–H groups in total. The molecule has 4 rings (SSSR count). The Balaban J connectivity index is 1.63. The third-order valence-corrected chi connectivity index (χ3v) is 6.84. The number of hydrogen-bond acceptors (Lipinski definition) is 9. The third-order valence-electron chi connectivity index (χ3n) is 4.74. The summed E-state index contributed by atoms with van der Waals surface area (Å²) in [5.41, 5.74) is 7.27. The maximum atomic E-state index is 12.6. The van der Waals surface area contributed by atoms with Crippen LogP contribution < -0.4 is 9.92 Å². The molecule has 1 heterocycles. The van der Waals surface area contributed by atoms with Crippen LogP contribution in [0.3, 0.4) is 0 Å². The molecule has 0 fully saturated rings. The fraction of sp³-hybridized carbons (Fsp3) is 0.0455. The fourth-order valence-electron chi connectivity index (χ4n) is 3.09. The second kappa shape index (κ2) is 9.29. The lowest BCUT2D eigenvalue weighted by molar-refractivity contribution is 0.482. The van der Waals surface area contributed by atoms with Crippen molar-refractivity contribution < 1.29 is 25.6 Å². The number of benzene rings is 3. The Morgan fingerprint density at radius 3 is 2.29 bits per heavy atom. The number of anilines is 1. The molecule has 3 aromatic carbocycles. The van der Waals surface area contributed by atoms with Crippen molar-refractivity contribution in [3.63, 3.8) is 0 Å². The molecule has 0 bridgehead atoms. The van der Waals surface area contributed by atoms with Gasteiger partial charge in [-0.1, -0.05) is 30.3 Å². The van der Waals surface area contributed by atoms with Gasteiger partial charge in [-0.15, -0.1) is 5.11 Å². The van der Waals surface area contributed by atoms with Crippen molar-refractivity contribution in [3.8, 4) is 11.4 Å². The van der Waals surface area contributed by atoms with E-state index in [1.807, 2.05) is 0 Å². The van der Waals surface area contributed by atoms with Gasteiger partial charge in [-0.2, -0.15) is 27.0 Å². The van der Waals surface area contributed by atoms with E-state index in [2.05, 4.69) is 15.3 Å². The Kier molecular flexibility index (Phi) is 6.39. The van der Waals surface area contributed by atoms with Crippen LogP contribution in [0.1, 0.15) is 5.69 Å². The predicted octanol–water partition coefficient (Wildman–Crippen LogP) is 4.19. The van der Waals surface area contributed by atoms with Gasteiger partial charge in [0.1, 0.15) is 10.6 Å². The van der Waals surface area contributed by atoms with Gasteiger partial charge in [0.05, 0.1) is 22.0 Å². The van der Waals surface area contributed by atoms with E-state index < -0.39 is 20.2 Å². The lowest BCUT2D eigenvalue weighted by Crippen LogP contribution is -2.09. The molecule has 0 spiro atoms. The van der Waals surface area contributed by atoms with Crippen LogP contribution in [0.2, 0.25) is 0 Å². The highest BCUT2D eigenvalue weighted by atomic mass is 32.2. The van der Waals surface area contributed by atoms with E-state index in [-0.39, 0.29) is 38.4 Å². The molecular weight excluding hydrogens is 494 g/mol. The number of nitrogen functional groups attached to an aromatic ring is 1. The summed E-state index contributed by atoms with van der Waals surface area (Å²) in [6.45, 7) is 1.63. The zero-order valence-corrected chi connectivity index (χ0v) is 19.8. The van der Waals surface area contributed by atoms with Gasteiger partial charge in [0.15, 0.2) is 11.5 Å². The highest BCUT2D eigenvalue weighted by molar-refractivity contribution is 7.87. The zero-order valence-electron chi connectivity index (χ0n) is 18.2. The molecular formula is C22H19N5O6S2. The molecule has 0 aliphatic carbocycles. The number of para-hydroxylation sites is 1. The van der Waals surface area contributed by atoms with E-state index in [4.69, 9.17) is 9.92 Å². The van der Waals surface area contributed by atoms with E-state index in [0.717, 1.165) is 0 Å². The highest BCUT2D eigenvalue weighted by Crippen LogP contribution is 2.31. The van der Waals surface area contributed by atoms with Crippen molar-refractivity contribution in [2.24, 2.45) is 10.2 Å². The van der Waals surface area contributed by atoms with E-state index in [0.29, 0.717) is 5.69 Å². The number of aromatic nitrogens is 2. The largest absolute Gasteiger partial charge is 0.382 e. The molecule has 0 aliphatic rings. The van der Waals surface area contributed by atoms with E-state index in [9.17, 15) is 21.4 Å². The molecule has 0 saturated heterocycles. The van der Waals surface area contributed by atoms with Gasteiger partial charge in [-0.05, 0) is 55.5 Å². The Hall–Kier alpha value is -4.07. The van der Waals surface area contributed by atoms with Crippen LogP contribution in [0.15, 0.2) is 98.9 Å². The van der Waals surface area contributed by atoms with E-state index in [1.165, 1.54) is 53.2 Å². The monoisotopic (exact) mass is 513 g/mol. The second-order valence-electron chi connectivity index (χ2n) is 7.25. The van der Waals surface area contributed by atoms with Crippen LogP contribution in [0.4, 0.5) is 17.2 Å². The quantitative estimate of drug-likeness (QED) is 0.211. The number of hydrogen-bond donors (Lipinski definition) is 2. The molecule has 35 heavy (non-hydrogen) atoms. The SMILES string of the molecule is Cc1nn(-c2cccc(S(=O)(=O)O)c2)c(N)c1N=Nc1cccc(S(=O)(=O)Oc2ccccc2)c1. The van der Waals surface area contributed by atoms with Gasteiger partial charge in [-0.25, -0.2) is 4.68 Å². The van der Waals surface area contributed by atoms with Gasteiger partial charge < -0.3 is 9.92 Å². The predicted molar refractivity (Wildman–Crippen MR) is 127 cm³/mol. The molecule has 0 amide bonds. The standard InChI is InChI=1S/C22H19N5O6S2/c1-15-21(22(23)27(26-15)17-8-6-11-19(14-17)34(28,29)30)25-24-16-7-5-12-20(13-16)35(31,32)33-18-9-3-2-4-10-18/h2-14H,23H2,1H3,(H,28,29,30). The Labute approximate surface area is 201 Å². The van der Waals surface area contributed by atoms with Crippen LogP contribution >= 0.6 is 0 Å². The molecule has 11 nitrogen and oxygen atoms in total. The molecule has 0 atom stereocenters. The van der Waals surface area contributed by atoms with Crippen molar-refractivity contribution in [1.82, 2.24) is 9.78 Å². The number of rotatable bonds is 7. The van der Waals surface area contributed by atoms with Crippen molar-refractivity contribution in [1.29, 1.82) is 0 Å². The summed E-state index contributed by atoms with van der Waals surface area (Å²) in [5, 5.41) is 12.5. The zero-order chi connectivity index (χ0) is 25.2. The summed E-state index contributed by atoms with van der Waals surface area (Å²) >= 11 is 0. The molecule has 1 aromatic heterocycles. The third kappa shape index (κ3) is 5.37. The lowest BCUT2D eigenvalue weighted by atomic mass is 10.3. The van der Waals surface area contributed by atoms with Gasteiger partial charge in [-0.3, -0.25) is 4.55 Å². The Morgan fingerprint density at radius 1 is 0.886 bits per heavy atom. The number of aryl methyl sites for hydroxylation is 1. The summed E-state index contributed by atoms with van der Waals surface area (Å²) in [6, 6.07) is 19.2. The number of azo groups is 1. The first-order chi connectivity index (χ1) is 16.5. The normalized spacial score (nSPS) is 12.2. The Bertz CT molecular complexity index is 1630. The fourth-order valence-corrected chi connectivity index (χ4v) is 4.58. The van der Waals surface area contributed by atoms with Gasteiger partial charge in [0, 0.05) is 0 Å². The minimum Gasteiger partial charge on any atom is -0.382 e. The van der Waals surface area contributed by atoms with Crippen LogP contribution in [0.5, 0.6) is 5.75 Å². The topological polar surface area (TPSA) is 166 Å². The van der Waals surface area contributed by atoms with Crippen LogP contribution in [-0.4, -0.2) is 31.2 Å². The minimum atomic E-state index is -4.42. The Morgan fingerprint density at radius 2 is 1.57 bits per heavy atom. The molecule has 0 aliphatic heterocycles. The van der Waals surface area contributed by atoms with Crippen molar-refractivity contribution in [3.05, 3.63) is 84.6 Å². The van der Waals surface area contributed by atoms with Crippen molar-refractivity contribution in [2.45, 2.75) is 16.7 Å².